The molecule has 1 amide bonds. The summed E-state index contributed by atoms with van der Waals surface area (Å²) >= 11 is 0. The Bertz CT molecular complexity index is 813. The molecular formula is C16H13N5O2. The number of hydrogen-bond acceptors (Lipinski definition) is 6. The maximum Gasteiger partial charge on any atom is 0.274 e. The number of carbonyl (C=O) groups excluding carboxylic acids is 1. The van der Waals surface area contributed by atoms with Crippen molar-refractivity contribution in [3.8, 4) is 11.4 Å². The number of amides is 1. The van der Waals surface area contributed by atoms with E-state index in [2.05, 4.69) is 20.1 Å². The lowest BCUT2D eigenvalue weighted by Gasteiger charge is -2.36. The summed E-state index contributed by atoms with van der Waals surface area (Å²) in [5.41, 5.74) is 1.26. The summed E-state index contributed by atoms with van der Waals surface area (Å²) in [6, 6.07) is 9.65. The van der Waals surface area contributed by atoms with E-state index in [1.54, 1.807) is 11.1 Å². The first kappa shape index (κ1) is 13.6. The monoisotopic (exact) mass is 307 g/mol. The van der Waals surface area contributed by atoms with Crippen LogP contribution < -0.4 is 0 Å². The van der Waals surface area contributed by atoms with Crippen LogP contribution >= 0.6 is 0 Å². The Balaban J connectivity index is 1.43. The highest BCUT2D eigenvalue weighted by Crippen LogP contribution is 2.28. The van der Waals surface area contributed by atoms with Crippen LogP contribution in [0.2, 0.25) is 0 Å². The highest BCUT2D eigenvalue weighted by atomic mass is 16.5. The van der Waals surface area contributed by atoms with Crippen molar-refractivity contribution in [2.45, 2.75) is 5.92 Å². The van der Waals surface area contributed by atoms with Gasteiger partial charge in [0.2, 0.25) is 11.7 Å². The average Bonchev–Trinajstić information content (AvgIpc) is 3.05. The molecule has 3 aromatic rings. The molecule has 0 unspecified atom stereocenters. The number of hydrogen-bond donors (Lipinski definition) is 0. The minimum Gasteiger partial charge on any atom is -0.339 e. The number of aromatic nitrogens is 4. The van der Waals surface area contributed by atoms with Gasteiger partial charge in [-0.15, -0.1) is 0 Å². The van der Waals surface area contributed by atoms with Gasteiger partial charge in [0.25, 0.3) is 5.91 Å². The van der Waals surface area contributed by atoms with E-state index < -0.39 is 0 Å². The third-order valence-electron chi connectivity index (χ3n) is 3.77. The Morgan fingerprint density at radius 3 is 2.74 bits per heavy atom. The van der Waals surface area contributed by atoms with Gasteiger partial charge >= 0.3 is 0 Å². The number of carbonyl (C=O) groups is 1. The van der Waals surface area contributed by atoms with Crippen LogP contribution in [0.5, 0.6) is 0 Å². The van der Waals surface area contributed by atoms with E-state index in [1.807, 2.05) is 30.3 Å². The minimum atomic E-state index is -0.128. The van der Waals surface area contributed by atoms with Crippen molar-refractivity contribution in [1.29, 1.82) is 0 Å². The van der Waals surface area contributed by atoms with Gasteiger partial charge in [-0.3, -0.25) is 9.78 Å². The van der Waals surface area contributed by atoms with Crippen LogP contribution in [0.4, 0.5) is 0 Å². The summed E-state index contributed by atoms with van der Waals surface area (Å²) in [6.45, 7) is 1.09. The second-order valence-electron chi connectivity index (χ2n) is 5.32. The minimum absolute atomic E-state index is 0.0700. The summed E-state index contributed by atoms with van der Waals surface area (Å²) in [4.78, 5) is 26.2. The normalized spacial score (nSPS) is 14.5. The Morgan fingerprint density at radius 2 is 2.00 bits per heavy atom. The highest BCUT2D eigenvalue weighted by Gasteiger charge is 2.36. The summed E-state index contributed by atoms with van der Waals surface area (Å²) < 4.78 is 5.33. The fourth-order valence-electron chi connectivity index (χ4n) is 2.48. The zero-order chi connectivity index (χ0) is 15.6. The van der Waals surface area contributed by atoms with Crippen LogP contribution in [0.15, 0.2) is 53.4 Å². The van der Waals surface area contributed by atoms with Crippen LogP contribution in [-0.4, -0.2) is 44.0 Å². The van der Waals surface area contributed by atoms with Gasteiger partial charge in [0.05, 0.1) is 12.1 Å². The van der Waals surface area contributed by atoms with Crippen LogP contribution in [0, 0.1) is 0 Å². The lowest BCUT2D eigenvalue weighted by atomic mass is 9.99. The second kappa shape index (κ2) is 5.60. The molecule has 1 aliphatic heterocycles. The van der Waals surface area contributed by atoms with E-state index in [0.29, 0.717) is 30.5 Å². The van der Waals surface area contributed by atoms with Gasteiger partial charge in [-0.25, -0.2) is 4.98 Å². The fourth-order valence-corrected chi connectivity index (χ4v) is 2.48. The zero-order valence-corrected chi connectivity index (χ0v) is 12.2. The number of rotatable bonds is 3. The van der Waals surface area contributed by atoms with E-state index in [4.69, 9.17) is 4.52 Å². The van der Waals surface area contributed by atoms with Crippen molar-refractivity contribution in [2.75, 3.05) is 13.1 Å². The maximum absolute atomic E-state index is 12.2. The molecule has 0 radical (unpaired) electrons. The van der Waals surface area contributed by atoms with E-state index in [0.717, 1.165) is 5.56 Å². The number of likely N-dealkylation sites (tertiary alicyclic amines) is 1. The molecule has 1 aliphatic rings. The lowest BCUT2D eigenvalue weighted by molar-refractivity contribution is 0.0562. The molecule has 0 N–H and O–H groups in total. The van der Waals surface area contributed by atoms with E-state index >= 15 is 0 Å². The molecule has 1 aromatic carbocycles. The summed E-state index contributed by atoms with van der Waals surface area (Å²) in [5, 5.41) is 4.01. The first-order valence-corrected chi connectivity index (χ1v) is 7.25. The Hall–Kier alpha value is -3.09. The summed E-state index contributed by atoms with van der Waals surface area (Å²) in [5.74, 6) is 1.07. The quantitative estimate of drug-likeness (QED) is 0.733. The van der Waals surface area contributed by atoms with E-state index in [9.17, 15) is 4.79 Å². The van der Waals surface area contributed by atoms with Crippen LogP contribution in [-0.2, 0) is 0 Å². The van der Waals surface area contributed by atoms with Gasteiger partial charge in [-0.1, -0.05) is 35.5 Å². The van der Waals surface area contributed by atoms with Gasteiger partial charge < -0.3 is 9.42 Å². The maximum atomic E-state index is 12.2. The molecule has 4 rings (SSSR count). The molecule has 0 saturated carbocycles. The van der Waals surface area contributed by atoms with Crippen LogP contribution in [0.1, 0.15) is 22.3 Å². The summed E-state index contributed by atoms with van der Waals surface area (Å²) in [6.07, 6.45) is 4.52. The third-order valence-corrected chi connectivity index (χ3v) is 3.77. The van der Waals surface area contributed by atoms with Gasteiger partial charge in [-0.05, 0) is 0 Å². The molecule has 3 heterocycles. The van der Waals surface area contributed by atoms with Crippen LogP contribution in [0.25, 0.3) is 11.4 Å². The van der Waals surface area contributed by atoms with Crippen molar-refractivity contribution >= 4 is 5.91 Å². The van der Waals surface area contributed by atoms with E-state index in [1.165, 1.54) is 12.4 Å². The average molecular weight is 307 g/mol. The number of benzene rings is 1. The zero-order valence-electron chi connectivity index (χ0n) is 12.2. The second-order valence-corrected chi connectivity index (χ2v) is 5.32. The largest absolute Gasteiger partial charge is 0.339 e. The molecule has 0 bridgehead atoms. The van der Waals surface area contributed by atoms with Crippen molar-refractivity contribution < 1.29 is 9.32 Å². The molecular weight excluding hydrogens is 294 g/mol. The van der Waals surface area contributed by atoms with Crippen molar-refractivity contribution in [1.82, 2.24) is 25.0 Å². The molecule has 1 saturated heterocycles. The van der Waals surface area contributed by atoms with Crippen LogP contribution in [0.3, 0.4) is 0 Å². The van der Waals surface area contributed by atoms with Gasteiger partial charge in [0.15, 0.2) is 0 Å². The van der Waals surface area contributed by atoms with Gasteiger partial charge in [0, 0.05) is 31.0 Å². The smallest absolute Gasteiger partial charge is 0.274 e. The van der Waals surface area contributed by atoms with Crippen molar-refractivity contribution in [2.24, 2.45) is 0 Å². The predicted octanol–water partition coefficient (Wildman–Crippen LogP) is 1.77. The molecule has 0 aliphatic carbocycles. The number of nitrogens with zero attached hydrogens (tertiary/aromatic N) is 5. The third kappa shape index (κ3) is 2.57. The topological polar surface area (TPSA) is 85.0 Å². The molecule has 2 aromatic heterocycles. The van der Waals surface area contributed by atoms with Crippen molar-refractivity contribution in [3.63, 3.8) is 0 Å². The Morgan fingerprint density at radius 1 is 1.17 bits per heavy atom. The lowest BCUT2D eigenvalue weighted by Crippen LogP contribution is -2.48. The molecule has 114 valence electrons. The summed E-state index contributed by atoms with van der Waals surface area (Å²) in [7, 11) is 0. The molecule has 7 nitrogen and oxygen atoms in total. The van der Waals surface area contributed by atoms with Gasteiger partial charge in [0.1, 0.15) is 5.69 Å². The van der Waals surface area contributed by atoms with Crippen molar-refractivity contribution in [3.05, 3.63) is 60.5 Å². The standard InChI is InChI=1S/C16H13N5O2/c22-16(13-8-17-6-7-18-13)21-9-12(10-21)15-19-14(20-23-15)11-4-2-1-3-5-11/h1-8,12H,9-10H2. The molecule has 0 spiro atoms. The van der Waals surface area contributed by atoms with Gasteiger partial charge in [-0.2, -0.15) is 4.98 Å². The Labute approximate surface area is 132 Å². The molecule has 7 heteroatoms. The predicted molar refractivity (Wildman–Crippen MR) is 80.4 cm³/mol. The highest BCUT2D eigenvalue weighted by molar-refractivity contribution is 5.92. The first-order chi connectivity index (χ1) is 11.3. The first-order valence-electron chi connectivity index (χ1n) is 7.25. The Kier molecular flexibility index (Phi) is 3.30. The molecule has 0 atom stereocenters. The molecule has 1 fully saturated rings. The van der Waals surface area contributed by atoms with E-state index in [-0.39, 0.29) is 11.8 Å². The molecule has 23 heavy (non-hydrogen) atoms. The SMILES string of the molecule is O=C(c1cnccn1)N1CC(c2nc(-c3ccccc3)no2)C1. The fraction of sp³-hybridized carbons (Fsp3) is 0.188.